The molecule has 6 nitrogen and oxygen atoms in total. The molecule has 0 amide bonds. The lowest BCUT2D eigenvalue weighted by atomic mass is 10.2. The Hall–Kier alpha value is -2.91. The van der Waals surface area contributed by atoms with Gasteiger partial charge in [0.15, 0.2) is 17.0 Å². The summed E-state index contributed by atoms with van der Waals surface area (Å²) in [6.45, 7) is 6.66. The molecule has 0 aliphatic heterocycles. The van der Waals surface area contributed by atoms with Crippen LogP contribution in [-0.4, -0.2) is 30.7 Å². The van der Waals surface area contributed by atoms with Crippen LogP contribution < -0.4 is 5.32 Å². The Morgan fingerprint density at radius 3 is 2.65 bits per heavy atom. The molecule has 2 heterocycles. The normalized spacial score (nSPS) is 12.0. The van der Waals surface area contributed by atoms with Crippen molar-refractivity contribution in [2.24, 2.45) is 0 Å². The van der Waals surface area contributed by atoms with Crippen LogP contribution in [0.1, 0.15) is 44.6 Å². The second-order valence-electron chi connectivity index (χ2n) is 6.35. The fraction of sp³-hybridized carbons (Fsp3) is 0.350. The molecule has 3 aromatic rings. The van der Waals surface area contributed by atoms with Crippen molar-refractivity contribution in [3.8, 4) is 11.8 Å². The molecule has 0 fully saturated rings. The molecule has 0 saturated carbocycles. The summed E-state index contributed by atoms with van der Waals surface area (Å²) < 4.78 is 1.99. The van der Waals surface area contributed by atoms with Crippen LogP contribution in [0.3, 0.4) is 0 Å². The second-order valence-corrected chi connectivity index (χ2v) is 6.35. The minimum absolute atomic E-state index is 0.221. The van der Waals surface area contributed by atoms with E-state index in [4.69, 9.17) is 0 Å². The number of aliphatic hydroxyl groups is 1. The van der Waals surface area contributed by atoms with Gasteiger partial charge in [0.1, 0.15) is 6.10 Å². The molecule has 3 rings (SSSR count). The second kappa shape index (κ2) is 7.98. The third-order valence-corrected chi connectivity index (χ3v) is 4.02. The number of hydrogen-bond donors (Lipinski definition) is 2. The smallest absolute Gasteiger partial charge is 0.209 e. The number of nitrogens with zero attached hydrogens (tertiary/aromatic N) is 4. The van der Waals surface area contributed by atoms with Gasteiger partial charge < -0.3 is 15.0 Å². The van der Waals surface area contributed by atoms with Crippen molar-refractivity contribution in [1.82, 2.24) is 19.5 Å². The lowest BCUT2D eigenvalue weighted by Crippen LogP contribution is -2.07. The number of imidazole rings is 1. The molecule has 0 spiro atoms. The number of aromatic nitrogens is 4. The lowest BCUT2D eigenvalue weighted by molar-refractivity contribution is 0.228. The van der Waals surface area contributed by atoms with Gasteiger partial charge in [0.05, 0.1) is 6.33 Å². The predicted molar refractivity (Wildman–Crippen MR) is 103 cm³/mol. The zero-order chi connectivity index (χ0) is 18.5. The van der Waals surface area contributed by atoms with Crippen molar-refractivity contribution in [2.45, 2.75) is 45.9 Å². The molecule has 0 bridgehead atoms. The van der Waals surface area contributed by atoms with Gasteiger partial charge in [-0.2, -0.15) is 0 Å². The van der Waals surface area contributed by atoms with E-state index in [-0.39, 0.29) is 6.04 Å². The molecule has 1 unspecified atom stereocenters. The zero-order valence-electron chi connectivity index (χ0n) is 15.3. The largest absolute Gasteiger partial charge is 0.380 e. The number of nitrogens with one attached hydrogen (secondary N) is 1. The topological polar surface area (TPSA) is 75.9 Å². The SMILES string of the molecule is CCC(O)C#Cc1nc(NCc2ccccc2)c2ncn(C(C)C)c2n1. The van der Waals surface area contributed by atoms with Crippen molar-refractivity contribution in [1.29, 1.82) is 0 Å². The molecule has 26 heavy (non-hydrogen) atoms. The third kappa shape index (κ3) is 4.01. The first-order chi connectivity index (χ1) is 12.6. The van der Waals surface area contributed by atoms with Crippen molar-refractivity contribution >= 4 is 17.0 Å². The summed E-state index contributed by atoms with van der Waals surface area (Å²) in [6.07, 6.45) is 1.67. The summed E-state index contributed by atoms with van der Waals surface area (Å²) in [5, 5.41) is 13.0. The van der Waals surface area contributed by atoms with Gasteiger partial charge in [0, 0.05) is 12.6 Å². The molecule has 0 aliphatic carbocycles. The minimum atomic E-state index is -0.676. The van der Waals surface area contributed by atoms with Gasteiger partial charge in [0.2, 0.25) is 5.82 Å². The average Bonchev–Trinajstić information content (AvgIpc) is 3.09. The van der Waals surface area contributed by atoms with Gasteiger partial charge in [-0.25, -0.2) is 15.0 Å². The summed E-state index contributed by atoms with van der Waals surface area (Å²) in [5.41, 5.74) is 2.61. The highest BCUT2D eigenvalue weighted by Gasteiger charge is 2.14. The molecule has 0 saturated heterocycles. The van der Waals surface area contributed by atoms with Crippen LogP contribution in [0.15, 0.2) is 36.7 Å². The molecule has 134 valence electrons. The fourth-order valence-electron chi connectivity index (χ4n) is 2.51. The maximum Gasteiger partial charge on any atom is 0.209 e. The molecular weight excluding hydrogens is 326 g/mol. The molecule has 2 N–H and O–H groups in total. The van der Waals surface area contributed by atoms with E-state index in [1.807, 2.05) is 29.7 Å². The summed E-state index contributed by atoms with van der Waals surface area (Å²) in [4.78, 5) is 13.5. The Morgan fingerprint density at radius 2 is 1.96 bits per heavy atom. The number of fused-ring (bicyclic) bond motifs is 1. The van der Waals surface area contributed by atoms with E-state index in [1.165, 1.54) is 0 Å². The van der Waals surface area contributed by atoms with Gasteiger partial charge in [0.25, 0.3) is 0 Å². The van der Waals surface area contributed by atoms with Crippen LogP contribution in [0.2, 0.25) is 0 Å². The standard InChI is InChI=1S/C20H23N5O/c1-4-16(26)10-11-17-23-19(21-12-15-8-6-5-7-9-15)18-20(24-17)25(13-22-18)14(2)3/h5-9,13-14,16,26H,4,12H2,1-3H3,(H,21,23,24). The summed E-state index contributed by atoms with van der Waals surface area (Å²) >= 11 is 0. The van der Waals surface area contributed by atoms with Crippen molar-refractivity contribution in [3.63, 3.8) is 0 Å². The average molecular weight is 349 g/mol. The first-order valence-electron chi connectivity index (χ1n) is 8.80. The highest BCUT2D eigenvalue weighted by Crippen LogP contribution is 2.22. The van der Waals surface area contributed by atoms with Crippen LogP contribution in [0.25, 0.3) is 11.2 Å². The Labute approximate surface area is 153 Å². The van der Waals surface area contributed by atoms with Crippen molar-refractivity contribution in [2.75, 3.05) is 5.32 Å². The summed E-state index contributed by atoms with van der Waals surface area (Å²) in [5.74, 6) is 6.68. The Bertz CT molecular complexity index is 937. The number of hydrogen-bond acceptors (Lipinski definition) is 5. The number of aliphatic hydroxyl groups excluding tert-OH is 1. The van der Waals surface area contributed by atoms with E-state index < -0.39 is 6.10 Å². The molecule has 6 heteroatoms. The van der Waals surface area contributed by atoms with Gasteiger partial charge in [-0.3, -0.25) is 0 Å². The van der Waals surface area contributed by atoms with Crippen LogP contribution in [0.4, 0.5) is 5.82 Å². The first kappa shape index (κ1) is 17.9. The number of anilines is 1. The van der Waals surface area contributed by atoms with Crippen molar-refractivity contribution in [3.05, 3.63) is 48.0 Å². The van der Waals surface area contributed by atoms with Gasteiger partial charge in [-0.1, -0.05) is 43.2 Å². The van der Waals surface area contributed by atoms with E-state index in [2.05, 4.69) is 58.1 Å². The van der Waals surface area contributed by atoms with Crippen LogP contribution in [-0.2, 0) is 6.54 Å². The molecular formula is C20H23N5O. The van der Waals surface area contributed by atoms with E-state index in [1.54, 1.807) is 6.33 Å². The van der Waals surface area contributed by atoms with E-state index in [9.17, 15) is 5.11 Å². The maximum atomic E-state index is 9.69. The zero-order valence-corrected chi connectivity index (χ0v) is 15.3. The van der Waals surface area contributed by atoms with Crippen LogP contribution >= 0.6 is 0 Å². The van der Waals surface area contributed by atoms with Crippen LogP contribution in [0.5, 0.6) is 0 Å². The van der Waals surface area contributed by atoms with E-state index in [0.29, 0.717) is 24.6 Å². The highest BCUT2D eigenvalue weighted by atomic mass is 16.3. The molecule has 0 radical (unpaired) electrons. The monoisotopic (exact) mass is 349 g/mol. The summed E-state index contributed by atoms with van der Waals surface area (Å²) in [6, 6.07) is 10.3. The Kier molecular flexibility index (Phi) is 5.49. The summed E-state index contributed by atoms with van der Waals surface area (Å²) in [7, 11) is 0. The third-order valence-electron chi connectivity index (χ3n) is 4.02. The van der Waals surface area contributed by atoms with Crippen molar-refractivity contribution < 1.29 is 5.11 Å². The highest BCUT2D eigenvalue weighted by molar-refractivity contribution is 5.83. The lowest BCUT2D eigenvalue weighted by Gasteiger charge is -2.10. The fourth-order valence-corrected chi connectivity index (χ4v) is 2.51. The molecule has 0 aliphatic rings. The molecule has 2 aromatic heterocycles. The van der Waals surface area contributed by atoms with Gasteiger partial charge >= 0.3 is 0 Å². The van der Waals surface area contributed by atoms with Crippen LogP contribution in [0, 0.1) is 11.8 Å². The molecule has 1 aromatic carbocycles. The minimum Gasteiger partial charge on any atom is -0.380 e. The van der Waals surface area contributed by atoms with E-state index in [0.717, 1.165) is 16.7 Å². The quantitative estimate of drug-likeness (QED) is 0.692. The predicted octanol–water partition coefficient (Wildman–Crippen LogP) is 3.14. The van der Waals surface area contributed by atoms with E-state index >= 15 is 0 Å². The maximum absolute atomic E-state index is 9.69. The number of rotatable bonds is 5. The first-order valence-corrected chi connectivity index (χ1v) is 8.80. The Morgan fingerprint density at radius 1 is 1.19 bits per heavy atom. The Balaban J connectivity index is 2.00. The molecule has 1 atom stereocenters. The van der Waals surface area contributed by atoms with Gasteiger partial charge in [-0.05, 0) is 31.8 Å². The number of benzene rings is 1. The van der Waals surface area contributed by atoms with Gasteiger partial charge in [-0.15, -0.1) is 0 Å².